The summed E-state index contributed by atoms with van der Waals surface area (Å²) in [7, 11) is -2.28. The minimum absolute atomic E-state index is 0.115. The van der Waals surface area contributed by atoms with Crippen molar-refractivity contribution in [1.29, 1.82) is 0 Å². The Kier molecular flexibility index (Phi) is 7.10. The Morgan fingerprint density at radius 3 is 2.26 bits per heavy atom. The molecule has 0 atom stereocenters. The smallest absolute Gasteiger partial charge is 0.331 e. The number of carbonyl (C=O) groups excluding carboxylic acids is 1. The van der Waals surface area contributed by atoms with Gasteiger partial charge in [-0.05, 0) is 60.0 Å². The molecular formula is C24H23NO5S. The second-order valence-electron chi connectivity index (χ2n) is 6.54. The number of hydrogen-bond acceptors (Lipinski definition) is 5. The molecular weight excluding hydrogens is 414 g/mol. The predicted molar refractivity (Wildman–Crippen MR) is 120 cm³/mol. The number of hydrogen-bond donors (Lipinski definition) is 1. The Balaban J connectivity index is 1.95. The van der Waals surface area contributed by atoms with Crippen molar-refractivity contribution in [3.63, 3.8) is 0 Å². The molecule has 1 N–H and O–H groups in total. The highest BCUT2D eigenvalue weighted by molar-refractivity contribution is 7.92. The first-order valence-electron chi connectivity index (χ1n) is 9.64. The largest absolute Gasteiger partial charge is 0.497 e. The van der Waals surface area contributed by atoms with Crippen LogP contribution in [0.3, 0.4) is 0 Å². The molecule has 0 bridgehead atoms. The molecule has 0 aliphatic heterocycles. The number of anilines is 1. The highest BCUT2D eigenvalue weighted by Gasteiger charge is 2.15. The SMILES string of the molecule is CCOC(=O)C=C(c1ccccc1)c1cccc(NS(=O)(=O)c2ccc(OC)cc2)c1. The van der Waals surface area contributed by atoms with Gasteiger partial charge in [-0.1, -0.05) is 42.5 Å². The maximum Gasteiger partial charge on any atom is 0.331 e. The van der Waals surface area contributed by atoms with Crippen LogP contribution >= 0.6 is 0 Å². The molecule has 160 valence electrons. The molecule has 0 aliphatic rings. The van der Waals surface area contributed by atoms with Gasteiger partial charge in [0.25, 0.3) is 10.0 Å². The molecule has 0 fully saturated rings. The summed E-state index contributed by atoms with van der Waals surface area (Å²) in [6.07, 6.45) is 1.41. The van der Waals surface area contributed by atoms with E-state index >= 15 is 0 Å². The molecule has 6 nitrogen and oxygen atoms in total. The Bertz CT molecular complexity index is 1170. The van der Waals surface area contributed by atoms with Crippen molar-refractivity contribution in [2.75, 3.05) is 18.4 Å². The van der Waals surface area contributed by atoms with Crippen molar-refractivity contribution < 1.29 is 22.7 Å². The third kappa shape index (κ3) is 5.73. The molecule has 0 unspecified atom stereocenters. The van der Waals surface area contributed by atoms with Gasteiger partial charge in [0.15, 0.2) is 0 Å². The first-order chi connectivity index (χ1) is 14.9. The fraction of sp³-hybridized carbons (Fsp3) is 0.125. The van der Waals surface area contributed by atoms with Crippen molar-refractivity contribution in [2.24, 2.45) is 0 Å². The fourth-order valence-electron chi connectivity index (χ4n) is 2.97. The van der Waals surface area contributed by atoms with E-state index in [0.29, 0.717) is 22.6 Å². The van der Waals surface area contributed by atoms with Crippen molar-refractivity contribution in [2.45, 2.75) is 11.8 Å². The van der Waals surface area contributed by atoms with Crippen LogP contribution in [0.5, 0.6) is 5.75 Å². The van der Waals surface area contributed by atoms with Gasteiger partial charge in [0.05, 0.1) is 18.6 Å². The molecule has 0 heterocycles. The third-order valence-electron chi connectivity index (χ3n) is 4.43. The van der Waals surface area contributed by atoms with Crippen LogP contribution in [0.1, 0.15) is 18.1 Å². The molecule has 0 aliphatic carbocycles. The summed E-state index contributed by atoms with van der Waals surface area (Å²) in [4.78, 5) is 12.2. The van der Waals surface area contributed by atoms with Crippen molar-refractivity contribution in [1.82, 2.24) is 0 Å². The minimum atomic E-state index is -3.79. The molecule has 0 saturated carbocycles. The average Bonchev–Trinajstić information content (AvgIpc) is 2.78. The van der Waals surface area contributed by atoms with Gasteiger partial charge in [-0.15, -0.1) is 0 Å². The maximum atomic E-state index is 12.8. The highest BCUT2D eigenvalue weighted by Crippen LogP contribution is 2.27. The molecule has 3 aromatic rings. The normalized spacial score (nSPS) is 11.6. The van der Waals surface area contributed by atoms with Crippen molar-refractivity contribution in [3.8, 4) is 5.75 Å². The fourth-order valence-corrected chi connectivity index (χ4v) is 4.02. The van der Waals surface area contributed by atoms with E-state index in [1.807, 2.05) is 36.4 Å². The maximum absolute atomic E-state index is 12.8. The number of benzene rings is 3. The number of sulfonamides is 1. The standard InChI is InChI=1S/C24H23NO5S/c1-3-30-24(26)17-23(18-8-5-4-6-9-18)19-10-7-11-20(16-19)25-31(27,28)22-14-12-21(29-2)13-15-22/h4-17,25H,3H2,1-2H3. The lowest BCUT2D eigenvalue weighted by Crippen LogP contribution is -2.13. The van der Waals surface area contributed by atoms with Gasteiger partial charge in [-0.25, -0.2) is 13.2 Å². The lowest BCUT2D eigenvalue weighted by Gasteiger charge is -2.12. The number of esters is 1. The van der Waals surface area contributed by atoms with E-state index in [2.05, 4.69) is 4.72 Å². The third-order valence-corrected chi connectivity index (χ3v) is 5.83. The van der Waals surface area contributed by atoms with E-state index < -0.39 is 16.0 Å². The summed E-state index contributed by atoms with van der Waals surface area (Å²) in [5.74, 6) is 0.100. The first-order valence-corrected chi connectivity index (χ1v) is 11.1. The summed E-state index contributed by atoms with van der Waals surface area (Å²) in [6.45, 7) is 2.00. The minimum Gasteiger partial charge on any atom is -0.497 e. The van der Waals surface area contributed by atoms with Crippen molar-refractivity contribution >= 4 is 27.3 Å². The molecule has 0 radical (unpaired) electrons. The highest BCUT2D eigenvalue weighted by atomic mass is 32.2. The Morgan fingerprint density at radius 1 is 0.935 bits per heavy atom. The molecule has 3 aromatic carbocycles. The topological polar surface area (TPSA) is 81.7 Å². The second-order valence-corrected chi connectivity index (χ2v) is 8.22. The van der Waals surface area contributed by atoms with E-state index in [0.717, 1.165) is 5.56 Å². The van der Waals surface area contributed by atoms with E-state index in [1.165, 1.54) is 25.3 Å². The predicted octanol–water partition coefficient (Wildman–Crippen LogP) is 4.49. The van der Waals surface area contributed by atoms with Gasteiger partial charge >= 0.3 is 5.97 Å². The van der Waals surface area contributed by atoms with Gasteiger partial charge < -0.3 is 9.47 Å². The van der Waals surface area contributed by atoms with Gasteiger partial charge in [0.1, 0.15) is 5.75 Å². The van der Waals surface area contributed by atoms with Crippen LogP contribution in [-0.4, -0.2) is 28.1 Å². The van der Waals surface area contributed by atoms with Crippen LogP contribution in [0.2, 0.25) is 0 Å². The molecule has 31 heavy (non-hydrogen) atoms. The van der Waals surface area contributed by atoms with Gasteiger partial charge in [0, 0.05) is 11.8 Å². The second kappa shape index (κ2) is 9.95. The van der Waals surface area contributed by atoms with E-state index in [9.17, 15) is 13.2 Å². The molecule has 7 heteroatoms. The number of nitrogens with one attached hydrogen (secondary N) is 1. The quantitative estimate of drug-likeness (QED) is 0.415. The van der Waals surface area contributed by atoms with Gasteiger partial charge in [-0.3, -0.25) is 4.72 Å². The molecule has 3 rings (SSSR count). The Labute approximate surface area is 182 Å². The number of methoxy groups -OCH3 is 1. The summed E-state index contributed by atoms with van der Waals surface area (Å²) < 4.78 is 38.3. The lowest BCUT2D eigenvalue weighted by atomic mass is 9.97. The molecule has 0 aromatic heterocycles. The van der Waals surface area contributed by atoms with Crippen molar-refractivity contribution in [3.05, 3.63) is 96.1 Å². The molecule has 0 amide bonds. The zero-order valence-corrected chi connectivity index (χ0v) is 18.1. The van der Waals surface area contributed by atoms with E-state index in [-0.39, 0.29) is 11.5 Å². The molecule has 0 saturated heterocycles. The van der Waals surface area contributed by atoms with Crippen LogP contribution in [0, 0.1) is 0 Å². The van der Waals surface area contributed by atoms with E-state index in [4.69, 9.17) is 9.47 Å². The van der Waals surface area contributed by atoms with Gasteiger partial charge in [-0.2, -0.15) is 0 Å². The number of rotatable bonds is 8. The molecule has 0 spiro atoms. The Hall–Kier alpha value is -3.58. The summed E-state index contributed by atoms with van der Waals surface area (Å²) in [6, 6.07) is 22.3. The first kappa shape index (κ1) is 22.1. The average molecular weight is 438 g/mol. The van der Waals surface area contributed by atoms with Crippen LogP contribution in [0.25, 0.3) is 5.57 Å². The zero-order chi connectivity index (χ0) is 22.3. The Morgan fingerprint density at radius 2 is 1.61 bits per heavy atom. The summed E-state index contributed by atoms with van der Waals surface area (Å²) in [5, 5.41) is 0. The summed E-state index contributed by atoms with van der Waals surface area (Å²) in [5.41, 5.74) is 2.49. The van der Waals surface area contributed by atoms with Gasteiger partial charge in [0.2, 0.25) is 0 Å². The van der Waals surface area contributed by atoms with Crippen LogP contribution in [-0.2, 0) is 19.6 Å². The van der Waals surface area contributed by atoms with Crippen LogP contribution in [0.4, 0.5) is 5.69 Å². The number of carbonyl (C=O) groups is 1. The van der Waals surface area contributed by atoms with Crippen LogP contribution in [0.15, 0.2) is 89.8 Å². The zero-order valence-electron chi connectivity index (χ0n) is 17.2. The number of ether oxygens (including phenoxy) is 2. The van der Waals surface area contributed by atoms with E-state index in [1.54, 1.807) is 37.3 Å². The lowest BCUT2D eigenvalue weighted by molar-refractivity contribution is -0.137. The monoisotopic (exact) mass is 437 g/mol. The van der Waals surface area contributed by atoms with Crippen LogP contribution < -0.4 is 9.46 Å². The summed E-state index contributed by atoms with van der Waals surface area (Å²) >= 11 is 0.